The maximum Gasteiger partial charge on any atom is 0.166 e. The zero-order chi connectivity index (χ0) is 46.2. The van der Waals surface area contributed by atoms with E-state index in [1.165, 1.54) is 12.1 Å². The minimum absolute atomic E-state index is 0.0766. The van der Waals surface area contributed by atoms with Gasteiger partial charge in [0.1, 0.15) is 11.2 Å². The molecule has 0 radical (unpaired) electrons. The summed E-state index contributed by atoms with van der Waals surface area (Å²) in [7, 11) is 0. The number of aromatic nitrogens is 4. The number of rotatable bonds is 7. The van der Waals surface area contributed by atoms with Crippen molar-refractivity contribution in [3.8, 4) is 73.2 Å². The fourth-order valence-corrected chi connectivity index (χ4v) is 8.44. The van der Waals surface area contributed by atoms with Gasteiger partial charge in [-0.25, -0.2) is 15.0 Å². The van der Waals surface area contributed by atoms with E-state index in [0.717, 1.165) is 60.9 Å². The lowest BCUT2D eigenvalue weighted by atomic mass is 9.99. The zero-order valence-corrected chi connectivity index (χ0v) is 33.0. The Labute approximate surface area is 366 Å². The van der Waals surface area contributed by atoms with Gasteiger partial charge in [0.2, 0.25) is 0 Å². The molecule has 5 nitrogen and oxygen atoms in total. The molecule has 0 unspecified atom stereocenters. The predicted octanol–water partition coefficient (Wildman–Crippen LogP) is 14.9. The number of para-hydroxylation sites is 4. The highest BCUT2D eigenvalue weighted by Crippen LogP contribution is 2.41. The molecule has 290 valence electrons. The van der Waals surface area contributed by atoms with Crippen LogP contribution in [-0.2, 0) is 0 Å². The van der Waals surface area contributed by atoms with E-state index in [-0.39, 0.29) is 58.1 Å². The van der Waals surface area contributed by atoms with Gasteiger partial charge >= 0.3 is 0 Å². The molecule has 12 rings (SSSR count). The van der Waals surface area contributed by atoms with Crippen LogP contribution in [-0.4, -0.2) is 19.5 Å². The Morgan fingerprint density at radius 3 is 1.48 bits per heavy atom. The highest BCUT2D eigenvalue weighted by Gasteiger charge is 2.22. The second-order valence-corrected chi connectivity index (χ2v) is 15.1. The van der Waals surface area contributed by atoms with Crippen LogP contribution < -0.4 is 0 Å². The van der Waals surface area contributed by atoms with Gasteiger partial charge in [-0.1, -0.05) is 188 Å². The van der Waals surface area contributed by atoms with Gasteiger partial charge in [0.05, 0.1) is 24.9 Å². The molecule has 0 saturated carbocycles. The van der Waals surface area contributed by atoms with Crippen molar-refractivity contribution in [1.82, 2.24) is 19.5 Å². The summed E-state index contributed by atoms with van der Waals surface area (Å²) in [5, 5.41) is 2.21. The quantitative estimate of drug-likeness (QED) is 0.161. The van der Waals surface area contributed by atoms with Gasteiger partial charge in [0.15, 0.2) is 17.5 Å². The maximum atomic E-state index is 9.38. The Kier molecular flexibility index (Phi) is 7.05. The summed E-state index contributed by atoms with van der Waals surface area (Å²) >= 11 is 0. The van der Waals surface area contributed by atoms with E-state index in [9.17, 15) is 2.74 Å². The summed E-state index contributed by atoms with van der Waals surface area (Å²) in [4.78, 5) is 15.5. The van der Waals surface area contributed by atoms with Gasteiger partial charge in [-0.15, -0.1) is 0 Å². The van der Waals surface area contributed by atoms with Gasteiger partial charge in [-0.3, -0.25) is 0 Å². The van der Waals surface area contributed by atoms with Gasteiger partial charge in [-0.2, -0.15) is 0 Å². The molecule has 9 aromatic carbocycles. The molecule has 0 amide bonds. The number of furan rings is 1. The number of hydrogen-bond donors (Lipinski definition) is 0. The van der Waals surface area contributed by atoms with Crippen LogP contribution >= 0.6 is 0 Å². The number of nitrogens with zero attached hydrogens (tertiary/aromatic N) is 4. The van der Waals surface area contributed by atoms with E-state index < -0.39 is 0 Å². The number of hydrogen-bond acceptors (Lipinski definition) is 4. The fourth-order valence-electron chi connectivity index (χ4n) is 8.44. The van der Waals surface area contributed by atoms with Crippen molar-refractivity contribution in [2.75, 3.05) is 0 Å². The minimum atomic E-state index is -0.203. The van der Waals surface area contributed by atoms with Gasteiger partial charge < -0.3 is 8.98 Å². The lowest BCUT2D eigenvalue weighted by Gasteiger charge is -2.16. The predicted molar refractivity (Wildman–Crippen MR) is 254 cm³/mol. The minimum Gasteiger partial charge on any atom is -0.455 e. The van der Waals surface area contributed by atoms with Crippen molar-refractivity contribution in [1.29, 1.82) is 0 Å². The monoisotopic (exact) mass is 798 g/mol. The first-order chi connectivity index (χ1) is 33.2. The normalized spacial score (nSPS) is 12.9. The smallest absolute Gasteiger partial charge is 0.166 e. The van der Waals surface area contributed by atoms with E-state index >= 15 is 0 Å². The first-order valence-corrected chi connectivity index (χ1v) is 20.3. The molecule has 3 heterocycles. The first-order valence-electron chi connectivity index (χ1n) is 23.3. The van der Waals surface area contributed by atoms with Crippen LogP contribution in [0.15, 0.2) is 223 Å². The number of fused-ring (bicyclic) bond motifs is 6. The molecule has 0 aliphatic heterocycles. The van der Waals surface area contributed by atoms with Crippen molar-refractivity contribution < 1.29 is 12.6 Å². The van der Waals surface area contributed by atoms with Gasteiger partial charge in [0, 0.05) is 43.8 Å². The summed E-state index contributed by atoms with van der Waals surface area (Å²) in [5.74, 6) is 1.14. The Morgan fingerprint density at radius 2 is 0.871 bits per heavy atom. The van der Waals surface area contributed by atoms with Crippen LogP contribution in [0.1, 0.15) is 8.22 Å². The summed E-state index contributed by atoms with van der Waals surface area (Å²) < 4.78 is 62.7. The molecule has 0 bridgehead atoms. The van der Waals surface area contributed by atoms with Crippen molar-refractivity contribution in [2.45, 2.75) is 0 Å². The topological polar surface area (TPSA) is 56.7 Å². The van der Waals surface area contributed by atoms with E-state index in [1.54, 1.807) is 4.57 Å². The maximum absolute atomic E-state index is 9.38. The molecule has 0 aliphatic rings. The van der Waals surface area contributed by atoms with Crippen LogP contribution in [0.25, 0.3) is 117 Å². The standard InChI is InChI=1S/C57H36N4O/c1-3-14-37(15-4-1)39-26-30-41(31-27-39)55-58-56(42-32-28-40(29-33-42)38-16-5-2-6-17-38)60-57(59-55)49-35-34-43(44-21-13-22-48-47-20-9-12-25-53(47)62-54(44)48)36-52(49)61-50-23-10-7-18-45(50)46-19-8-11-24-51(46)61/h1-36H/i7D,8D,18D,19D,23D,24D. The van der Waals surface area contributed by atoms with E-state index in [4.69, 9.17) is 24.9 Å². The first kappa shape index (κ1) is 29.7. The molecule has 0 saturated heterocycles. The third-order valence-electron chi connectivity index (χ3n) is 11.5. The molecular weight excluding hydrogens is 757 g/mol. The van der Waals surface area contributed by atoms with Crippen molar-refractivity contribution in [2.24, 2.45) is 0 Å². The highest BCUT2D eigenvalue weighted by molar-refractivity contribution is 6.11. The van der Waals surface area contributed by atoms with Crippen LogP contribution in [0.2, 0.25) is 0 Å². The number of benzene rings is 9. The van der Waals surface area contributed by atoms with Crippen molar-refractivity contribution in [3.05, 3.63) is 218 Å². The third-order valence-corrected chi connectivity index (χ3v) is 11.5. The van der Waals surface area contributed by atoms with Gasteiger partial charge in [0.25, 0.3) is 0 Å². The molecular formula is C57H36N4O. The van der Waals surface area contributed by atoms with Gasteiger partial charge in [-0.05, 0) is 58.1 Å². The Morgan fingerprint density at radius 1 is 0.371 bits per heavy atom. The van der Waals surface area contributed by atoms with Crippen LogP contribution in [0.3, 0.4) is 0 Å². The molecule has 12 aromatic rings. The third kappa shape index (κ3) is 6.06. The van der Waals surface area contributed by atoms with Crippen molar-refractivity contribution >= 4 is 43.7 Å². The second-order valence-electron chi connectivity index (χ2n) is 15.1. The van der Waals surface area contributed by atoms with E-state index in [1.807, 2.05) is 146 Å². The highest BCUT2D eigenvalue weighted by atomic mass is 16.3. The van der Waals surface area contributed by atoms with Crippen LogP contribution in [0.4, 0.5) is 0 Å². The molecule has 0 spiro atoms. The summed E-state index contributed by atoms with van der Waals surface area (Å²) in [6.45, 7) is 0. The fraction of sp³-hybridized carbons (Fsp3) is 0. The Bertz CT molecular complexity index is 3790. The lowest BCUT2D eigenvalue weighted by molar-refractivity contribution is 0.670. The van der Waals surface area contributed by atoms with Crippen molar-refractivity contribution in [3.63, 3.8) is 0 Å². The molecule has 0 aliphatic carbocycles. The SMILES string of the molecule is [2H]c1cc([2H])c2c(c1[2H])c1c([2H])c([2H])cc([2H])c1n2-c1cc(-c2cccc3c2oc2ccccc23)ccc1-c1nc(-c2ccc(-c3ccccc3)cc2)nc(-c2ccc(-c3ccccc3)cc2)n1. The summed E-state index contributed by atoms with van der Waals surface area (Å²) in [6, 6.07) is 57.8. The Balaban J connectivity index is 1.15. The molecule has 0 fully saturated rings. The summed E-state index contributed by atoms with van der Waals surface area (Å²) in [5.41, 5.74) is 10.1. The van der Waals surface area contributed by atoms with Crippen LogP contribution in [0.5, 0.6) is 0 Å². The lowest BCUT2D eigenvalue weighted by Crippen LogP contribution is -2.04. The van der Waals surface area contributed by atoms with E-state index in [2.05, 4.69) is 24.3 Å². The average molecular weight is 799 g/mol. The largest absolute Gasteiger partial charge is 0.455 e. The molecule has 5 heteroatoms. The molecule has 62 heavy (non-hydrogen) atoms. The molecule has 3 aromatic heterocycles. The van der Waals surface area contributed by atoms with E-state index in [0.29, 0.717) is 34.3 Å². The molecule has 0 atom stereocenters. The van der Waals surface area contributed by atoms with Crippen LogP contribution in [0, 0.1) is 0 Å². The zero-order valence-electron chi connectivity index (χ0n) is 39.0. The average Bonchev–Trinajstić information content (AvgIpc) is 3.96. The Hall–Kier alpha value is -8.41. The second kappa shape index (κ2) is 14.7. The molecule has 0 N–H and O–H groups in total. The summed E-state index contributed by atoms with van der Waals surface area (Å²) in [6.07, 6.45) is 0.